The molecule has 0 saturated heterocycles. The molecule has 0 bridgehead atoms. The van der Waals surface area contributed by atoms with Gasteiger partial charge in [0.25, 0.3) is 0 Å². The van der Waals surface area contributed by atoms with Gasteiger partial charge in [-0.3, -0.25) is 9.59 Å². The van der Waals surface area contributed by atoms with E-state index in [1.54, 1.807) is 0 Å². The summed E-state index contributed by atoms with van der Waals surface area (Å²) in [5.41, 5.74) is 0. The number of hydrogen-bond acceptors (Lipinski definition) is 6. The van der Waals surface area contributed by atoms with Crippen LogP contribution in [0.2, 0.25) is 0 Å². The Bertz CT molecular complexity index is 252. The minimum absolute atomic E-state index is 0.0390. The Kier molecular flexibility index (Phi) is 12.2. The summed E-state index contributed by atoms with van der Waals surface area (Å²) in [5, 5.41) is 0.0781. The molecular weight excluding hydrogens is 296 g/mol. The number of carbonyl (C=O) groups is 2. The van der Waals surface area contributed by atoms with Crippen molar-refractivity contribution in [2.45, 2.75) is 62.9 Å². The molecule has 0 amide bonds. The van der Waals surface area contributed by atoms with Crippen LogP contribution in [0.3, 0.4) is 0 Å². The lowest BCUT2D eigenvalue weighted by Gasteiger charge is -2.07. The Morgan fingerprint density at radius 1 is 0.800 bits per heavy atom. The molecule has 0 radical (unpaired) electrons. The smallest absolute Gasteiger partial charge is 0.306 e. The molecule has 0 heterocycles. The zero-order valence-electron chi connectivity index (χ0n) is 12.3. The third-order valence-electron chi connectivity index (χ3n) is 2.49. The predicted molar refractivity (Wildman–Crippen MR) is 86.5 cm³/mol. The van der Waals surface area contributed by atoms with E-state index in [9.17, 15) is 9.59 Å². The fraction of sp³-hybridized carbons (Fsp3) is 0.857. The summed E-state index contributed by atoms with van der Waals surface area (Å²) < 4.78 is 10.1. The number of rotatable bonds is 11. The standard InChI is InChI=1S/C14H26O4S2/c1-11(19)9-13(15)17-7-5-3-4-6-8-18-14(16)10-12(2)20/h11-12,19-20H,3-10H2,1-2H3. The summed E-state index contributed by atoms with van der Waals surface area (Å²) >= 11 is 8.26. The molecule has 0 aliphatic heterocycles. The van der Waals surface area contributed by atoms with E-state index in [2.05, 4.69) is 25.3 Å². The molecule has 0 spiro atoms. The Morgan fingerprint density at radius 3 is 1.45 bits per heavy atom. The van der Waals surface area contributed by atoms with Crippen molar-refractivity contribution in [3.63, 3.8) is 0 Å². The number of unbranched alkanes of at least 4 members (excludes halogenated alkanes) is 3. The van der Waals surface area contributed by atoms with Crippen molar-refractivity contribution in [2.75, 3.05) is 13.2 Å². The molecule has 0 rings (SSSR count). The summed E-state index contributed by atoms with van der Waals surface area (Å²) in [7, 11) is 0. The zero-order chi connectivity index (χ0) is 15.4. The highest BCUT2D eigenvalue weighted by molar-refractivity contribution is 7.81. The second-order valence-electron chi connectivity index (χ2n) is 4.96. The highest BCUT2D eigenvalue weighted by Gasteiger charge is 2.07. The SMILES string of the molecule is CC(S)CC(=O)OCCCCCCOC(=O)CC(C)S. The van der Waals surface area contributed by atoms with Crippen LogP contribution in [0.15, 0.2) is 0 Å². The van der Waals surface area contributed by atoms with Crippen LogP contribution in [-0.4, -0.2) is 35.7 Å². The van der Waals surface area contributed by atoms with E-state index in [-0.39, 0.29) is 22.4 Å². The van der Waals surface area contributed by atoms with E-state index in [0.29, 0.717) is 26.1 Å². The van der Waals surface area contributed by atoms with Crippen molar-refractivity contribution in [1.82, 2.24) is 0 Å². The number of hydrogen-bond donors (Lipinski definition) is 2. The van der Waals surface area contributed by atoms with Crippen molar-refractivity contribution >= 4 is 37.2 Å². The van der Waals surface area contributed by atoms with Crippen LogP contribution in [-0.2, 0) is 19.1 Å². The van der Waals surface area contributed by atoms with Gasteiger partial charge in [0, 0.05) is 10.5 Å². The number of esters is 2. The van der Waals surface area contributed by atoms with Gasteiger partial charge in [-0.15, -0.1) is 0 Å². The fourth-order valence-electron chi connectivity index (χ4n) is 1.53. The van der Waals surface area contributed by atoms with E-state index in [0.717, 1.165) is 25.7 Å². The molecule has 0 fully saturated rings. The summed E-state index contributed by atoms with van der Waals surface area (Å²) in [6, 6.07) is 0. The fourth-order valence-corrected chi connectivity index (χ4v) is 1.83. The number of thiol groups is 2. The van der Waals surface area contributed by atoms with Gasteiger partial charge in [0.2, 0.25) is 0 Å². The normalized spacial score (nSPS) is 13.6. The molecule has 0 aliphatic carbocycles. The van der Waals surface area contributed by atoms with Crippen molar-refractivity contribution in [3.8, 4) is 0 Å². The van der Waals surface area contributed by atoms with Crippen LogP contribution in [0.5, 0.6) is 0 Å². The Hall–Kier alpha value is -0.360. The topological polar surface area (TPSA) is 52.6 Å². The lowest BCUT2D eigenvalue weighted by atomic mass is 10.2. The molecular formula is C14H26O4S2. The molecule has 0 aromatic rings. The third-order valence-corrected chi connectivity index (χ3v) is 2.85. The first kappa shape index (κ1) is 19.6. The van der Waals surface area contributed by atoms with E-state index in [1.165, 1.54) is 0 Å². The van der Waals surface area contributed by atoms with Gasteiger partial charge in [-0.25, -0.2) is 0 Å². The van der Waals surface area contributed by atoms with Crippen LogP contribution in [0.1, 0.15) is 52.4 Å². The Balaban J connectivity index is 3.29. The van der Waals surface area contributed by atoms with Gasteiger partial charge in [0.05, 0.1) is 26.1 Å². The van der Waals surface area contributed by atoms with Crippen LogP contribution in [0.4, 0.5) is 0 Å². The molecule has 0 aromatic carbocycles. The van der Waals surface area contributed by atoms with Crippen LogP contribution in [0.25, 0.3) is 0 Å². The average molecular weight is 322 g/mol. The second kappa shape index (κ2) is 12.4. The highest BCUT2D eigenvalue weighted by atomic mass is 32.1. The number of ether oxygens (including phenoxy) is 2. The first-order valence-corrected chi connectivity index (χ1v) is 8.12. The Labute approximate surface area is 132 Å². The molecule has 0 aliphatic rings. The molecule has 0 aromatic heterocycles. The maximum atomic E-state index is 11.2. The van der Waals surface area contributed by atoms with E-state index in [1.807, 2.05) is 13.8 Å². The minimum Gasteiger partial charge on any atom is -0.466 e. The molecule has 20 heavy (non-hydrogen) atoms. The summed E-state index contributed by atoms with van der Waals surface area (Å²) in [6.07, 6.45) is 4.31. The van der Waals surface area contributed by atoms with Crippen molar-refractivity contribution < 1.29 is 19.1 Å². The van der Waals surface area contributed by atoms with Crippen molar-refractivity contribution in [2.24, 2.45) is 0 Å². The van der Waals surface area contributed by atoms with Gasteiger partial charge < -0.3 is 9.47 Å². The lowest BCUT2D eigenvalue weighted by Crippen LogP contribution is -2.11. The third kappa shape index (κ3) is 14.1. The van der Waals surface area contributed by atoms with Crippen molar-refractivity contribution in [3.05, 3.63) is 0 Å². The Morgan fingerprint density at radius 2 is 1.15 bits per heavy atom. The molecule has 0 saturated carbocycles. The molecule has 4 nitrogen and oxygen atoms in total. The summed E-state index contributed by atoms with van der Waals surface area (Å²) in [5.74, 6) is -0.385. The van der Waals surface area contributed by atoms with Crippen LogP contribution >= 0.6 is 25.3 Å². The van der Waals surface area contributed by atoms with Crippen LogP contribution in [0, 0.1) is 0 Å². The first-order chi connectivity index (χ1) is 9.41. The molecule has 118 valence electrons. The van der Waals surface area contributed by atoms with Gasteiger partial charge in [0.15, 0.2) is 0 Å². The van der Waals surface area contributed by atoms with Crippen molar-refractivity contribution in [1.29, 1.82) is 0 Å². The monoisotopic (exact) mass is 322 g/mol. The maximum Gasteiger partial charge on any atom is 0.306 e. The van der Waals surface area contributed by atoms with Gasteiger partial charge in [-0.05, 0) is 25.7 Å². The van der Waals surface area contributed by atoms with E-state index in [4.69, 9.17) is 9.47 Å². The predicted octanol–water partition coefficient (Wildman–Crippen LogP) is 3.05. The zero-order valence-corrected chi connectivity index (χ0v) is 14.1. The molecule has 2 unspecified atom stereocenters. The van der Waals surface area contributed by atoms with Gasteiger partial charge in [-0.1, -0.05) is 13.8 Å². The molecule has 6 heteroatoms. The summed E-state index contributed by atoms with van der Waals surface area (Å²) in [4.78, 5) is 22.4. The highest BCUT2D eigenvalue weighted by Crippen LogP contribution is 2.05. The van der Waals surface area contributed by atoms with E-state index >= 15 is 0 Å². The van der Waals surface area contributed by atoms with E-state index < -0.39 is 0 Å². The molecule has 2 atom stereocenters. The average Bonchev–Trinajstić information content (AvgIpc) is 2.30. The minimum atomic E-state index is -0.192. The quantitative estimate of drug-likeness (QED) is 0.349. The number of carbonyl (C=O) groups excluding carboxylic acids is 2. The lowest BCUT2D eigenvalue weighted by molar-refractivity contribution is -0.144. The molecule has 0 N–H and O–H groups in total. The van der Waals surface area contributed by atoms with Gasteiger partial charge in [0.1, 0.15) is 0 Å². The largest absolute Gasteiger partial charge is 0.466 e. The van der Waals surface area contributed by atoms with Gasteiger partial charge >= 0.3 is 11.9 Å². The maximum absolute atomic E-state index is 11.2. The van der Waals surface area contributed by atoms with Gasteiger partial charge in [-0.2, -0.15) is 25.3 Å². The summed E-state index contributed by atoms with van der Waals surface area (Å²) in [6.45, 7) is 4.63. The second-order valence-corrected chi connectivity index (χ2v) is 6.72. The van der Waals surface area contributed by atoms with Crippen LogP contribution < -0.4 is 0 Å². The first-order valence-electron chi connectivity index (χ1n) is 7.09.